The number of carbonyl (C=O) groups excluding carboxylic acids is 1. The van der Waals surface area contributed by atoms with Crippen LogP contribution in [0, 0.1) is 11.8 Å². The molecule has 0 spiro atoms. The third-order valence-electron chi connectivity index (χ3n) is 4.13. The highest BCUT2D eigenvalue weighted by Crippen LogP contribution is 2.31. The SMILES string of the molecule is CCCC(CCC)C(=O)C1Cc2ccccc2C1. The van der Waals surface area contributed by atoms with E-state index in [9.17, 15) is 4.79 Å². The fraction of sp³-hybridized carbons (Fsp3) is 0.588. The Morgan fingerprint density at radius 3 is 2.06 bits per heavy atom. The van der Waals surface area contributed by atoms with Crippen molar-refractivity contribution in [2.24, 2.45) is 11.8 Å². The zero-order chi connectivity index (χ0) is 13.0. The van der Waals surface area contributed by atoms with Gasteiger partial charge in [-0.3, -0.25) is 4.79 Å². The van der Waals surface area contributed by atoms with Crippen molar-refractivity contribution < 1.29 is 4.79 Å². The molecule has 1 aliphatic rings. The standard InChI is InChI=1S/C17H24O/c1-3-7-13(8-4-2)17(18)16-11-14-9-5-6-10-15(14)12-16/h5-6,9-10,13,16H,3-4,7-8,11-12H2,1-2H3. The van der Waals surface area contributed by atoms with Crippen LogP contribution < -0.4 is 0 Å². The maximum atomic E-state index is 12.6. The Kier molecular flexibility index (Phi) is 4.57. The Morgan fingerprint density at radius 2 is 1.61 bits per heavy atom. The predicted molar refractivity (Wildman–Crippen MR) is 75.7 cm³/mol. The summed E-state index contributed by atoms with van der Waals surface area (Å²) in [6.45, 7) is 4.36. The van der Waals surface area contributed by atoms with Crippen LogP contribution in [0.3, 0.4) is 0 Å². The number of fused-ring (bicyclic) bond motifs is 1. The molecule has 98 valence electrons. The molecule has 1 aromatic rings. The molecule has 1 aromatic carbocycles. The smallest absolute Gasteiger partial charge is 0.139 e. The molecule has 0 saturated carbocycles. The molecule has 0 bridgehead atoms. The number of hydrogen-bond acceptors (Lipinski definition) is 1. The number of ketones is 1. The Bertz CT molecular complexity index is 377. The molecule has 0 fully saturated rings. The van der Waals surface area contributed by atoms with Crippen molar-refractivity contribution in [1.29, 1.82) is 0 Å². The van der Waals surface area contributed by atoms with Gasteiger partial charge in [0.25, 0.3) is 0 Å². The predicted octanol–water partition coefficient (Wildman–Crippen LogP) is 4.19. The minimum Gasteiger partial charge on any atom is -0.299 e. The number of benzene rings is 1. The summed E-state index contributed by atoms with van der Waals surface area (Å²) in [5, 5.41) is 0. The Labute approximate surface area is 111 Å². The normalized spacial score (nSPS) is 15.1. The number of Topliss-reactive ketones (excluding diaryl/α,β-unsaturated/α-hetero) is 1. The monoisotopic (exact) mass is 244 g/mol. The van der Waals surface area contributed by atoms with E-state index >= 15 is 0 Å². The van der Waals surface area contributed by atoms with Crippen LogP contribution in [0.1, 0.15) is 50.7 Å². The van der Waals surface area contributed by atoms with Crippen LogP contribution in [0.25, 0.3) is 0 Å². The van der Waals surface area contributed by atoms with E-state index in [4.69, 9.17) is 0 Å². The van der Waals surface area contributed by atoms with Gasteiger partial charge in [0.1, 0.15) is 5.78 Å². The summed E-state index contributed by atoms with van der Waals surface area (Å²) in [5.74, 6) is 1.08. The van der Waals surface area contributed by atoms with Crippen molar-refractivity contribution in [3.05, 3.63) is 35.4 Å². The first-order valence-electron chi connectivity index (χ1n) is 7.36. The lowest BCUT2D eigenvalue weighted by Crippen LogP contribution is -2.24. The van der Waals surface area contributed by atoms with Crippen molar-refractivity contribution in [3.63, 3.8) is 0 Å². The number of hydrogen-bond donors (Lipinski definition) is 0. The van der Waals surface area contributed by atoms with Crippen LogP contribution in [0.2, 0.25) is 0 Å². The van der Waals surface area contributed by atoms with Gasteiger partial charge in [0.05, 0.1) is 0 Å². The topological polar surface area (TPSA) is 17.1 Å². The van der Waals surface area contributed by atoms with Crippen LogP contribution in [-0.4, -0.2) is 5.78 Å². The van der Waals surface area contributed by atoms with Gasteiger partial charge in [-0.1, -0.05) is 51.0 Å². The minimum atomic E-state index is 0.255. The first kappa shape index (κ1) is 13.3. The van der Waals surface area contributed by atoms with Crippen molar-refractivity contribution in [2.75, 3.05) is 0 Å². The van der Waals surface area contributed by atoms with Gasteiger partial charge >= 0.3 is 0 Å². The summed E-state index contributed by atoms with van der Waals surface area (Å²) >= 11 is 0. The summed E-state index contributed by atoms with van der Waals surface area (Å²) < 4.78 is 0. The van der Waals surface area contributed by atoms with Gasteiger partial charge in [0.2, 0.25) is 0 Å². The van der Waals surface area contributed by atoms with E-state index in [-0.39, 0.29) is 5.92 Å². The first-order valence-corrected chi connectivity index (χ1v) is 7.36. The van der Waals surface area contributed by atoms with Crippen LogP contribution in [0.4, 0.5) is 0 Å². The molecular weight excluding hydrogens is 220 g/mol. The van der Waals surface area contributed by atoms with Gasteiger partial charge in [-0.2, -0.15) is 0 Å². The van der Waals surface area contributed by atoms with Crippen molar-refractivity contribution in [2.45, 2.75) is 52.4 Å². The van der Waals surface area contributed by atoms with E-state index in [0.29, 0.717) is 11.7 Å². The second-order valence-electron chi connectivity index (χ2n) is 5.55. The summed E-state index contributed by atoms with van der Waals surface area (Å²) in [6.07, 6.45) is 6.32. The average molecular weight is 244 g/mol. The first-order chi connectivity index (χ1) is 8.76. The van der Waals surface area contributed by atoms with Crippen LogP contribution in [-0.2, 0) is 17.6 Å². The Morgan fingerprint density at radius 1 is 1.11 bits per heavy atom. The van der Waals surface area contributed by atoms with E-state index in [1.807, 2.05) is 0 Å². The molecule has 0 N–H and O–H groups in total. The maximum absolute atomic E-state index is 12.6. The summed E-state index contributed by atoms with van der Waals surface area (Å²) in [6, 6.07) is 8.52. The summed E-state index contributed by atoms with van der Waals surface area (Å²) in [4.78, 5) is 12.6. The molecule has 0 aliphatic heterocycles. The molecule has 0 aromatic heterocycles. The third-order valence-corrected chi connectivity index (χ3v) is 4.13. The zero-order valence-electron chi connectivity index (χ0n) is 11.6. The van der Waals surface area contributed by atoms with E-state index in [1.54, 1.807) is 0 Å². The third kappa shape index (κ3) is 2.82. The van der Waals surface area contributed by atoms with E-state index < -0.39 is 0 Å². The highest BCUT2D eigenvalue weighted by molar-refractivity contribution is 5.84. The van der Waals surface area contributed by atoms with Crippen LogP contribution in [0.15, 0.2) is 24.3 Å². The van der Waals surface area contributed by atoms with Crippen LogP contribution >= 0.6 is 0 Å². The highest BCUT2D eigenvalue weighted by Gasteiger charge is 2.30. The second-order valence-corrected chi connectivity index (χ2v) is 5.55. The van der Waals surface area contributed by atoms with E-state index in [2.05, 4.69) is 38.1 Å². The van der Waals surface area contributed by atoms with E-state index in [0.717, 1.165) is 38.5 Å². The minimum absolute atomic E-state index is 0.255. The van der Waals surface area contributed by atoms with Gasteiger partial charge in [-0.25, -0.2) is 0 Å². The molecule has 0 unspecified atom stereocenters. The van der Waals surface area contributed by atoms with Gasteiger partial charge in [0.15, 0.2) is 0 Å². The fourth-order valence-corrected chi connectivity index (χ4v) is 3.22. The van der Waals surface area contributed by atoms with Gasteiger partial charge in [0, 0.05) is 11.8 Å². The molecule has 0 heterocycles. The zero-order valence-corrected chi connectivity index (χ0v) is 11.6. The lowest BCUT2D eigenvalue weighted by atomic mass is 9.85. The Hall–Kier alpha value is -1.11. The lowest BCUT2D eigenvalue weighted by Gasteiger charge is -2.18. The molecule has 2 rings (SSSR count). The van der Waals surface area contributed by atoms with Crippen molar-refractivity contribution >= 4 is 5.78 Å². The average Bonchev–Trinajstić information content (AvgIpc) is 2.81. The molecule has 1 aliphatic carbocycles. The van der Waals surface area contributed by atoms with Crippen molar-refractivity contribution in [3.8, 4) is 0 Å². The quantitative estimate of drug-likeness (QED) is 0.733. The lowest BCUT2D eigenvalue weighted by molar-refractivity contribution is -0.127. The summed E-state index contributed by atoms with van der Waals surface area (Å²) in [5.41, 5.74) is 2.78. The molecule has 18 heavy (non-hydrogen) atoms. The van der Waals surface area contributed by atoms with Crippen LogP contribution in [0.5, 0.6) is 0 Å². The second kappa shape index (κ2) is 6.17. The highest BCUT2D eigenvalue weighted by atomic mass is 16.1. The molecule has 0 saturated heterocycles. The molecule has 0 amide bonds. The fourth-order valence-electron chi connectivity index (χ4n) is 3.22. The molecular formula is C17H24O. The van der Waals surface area contributed by atoms with Gasteiger partial charge < -0.3 is 0 Å². The number of carbonyl (C=O) groups is 1. The molecule has 0 radical (unpaired) electrons. The Balaban J connectivity index is 2.03. The molecule has 1 nitrogen and oxygen atoms in total. The molecule has 1 heteroatoms. The molecule has 0 atom stereocenters. The van der Waals surface area contributed by atoms with Gasteiger partial charge in [-0.15, -0.1) is 0 Å². The summed E-state index contributed by atoms with van der Waals surface area (Å²) in [7, 11) is 0. The number of rotatable bonds is 6. The van der Waals surface area contributed by atoms with Gasteiger partial charge in [-0.05, 0) is 36.8 Å². The van der Waals surface area contributed by atoms with Crippen molar-refractivity contribution in [1.82, 2.24) is 0 Å². The maximum Gasteiger partial charge on any atom is 0.139 e. The largest absolute Gasteiger partial charge is 0.299 e. The van der Waals surface area contributed by atoms with E-state index in [1.165, 1.54) is 11.1 Å².